The molecule has 0 N–H and O–H groups in total. The topological polar surface area (TPSA) is 0 Å². The largest absolute Gasteiger partial charge is 0.0731 e. The van der Waals surface area contributed by atoms with Crippen LogP contribution < -0.4 is 0 Å². The first kappa shape index (κ1) is 28.9. The summed E-state index contributed by atoms with van der Waals surface area (Å²) < 4.78 is 0. The molecule has 0 unspecified atom stereocenters. The lowest BCUT2D eigenvalue weighted by Crippen LogP contribution is -2.26. The van der Waals surface area contributed by atoms with Gasteiger partial charge in [0.25, 0.3) is 0 Å². The molecule has 0 heteroatoms. The Kier molecular flexibility index (Phi) is 5.80. The zero-order valence-electron chi connectivity index (χ0n) is 29.0. The van der Waals surface area contributed by atoms with Crippen molar-refractivity contribution in [1.82, 2.24) is 0 Å². The smallest absolute Gasteiger partial charge is 0.0622 e. The van der Waals surface area contributed by atoms with Crippen molar-refractivity contribution in [3.8, 4) is 44.5 Å². The van der Waals surface area contributed by atoms with Crippen LogP contribution in [0.25, 0.3) is 87.6 Å². The SMILES string of the molecule is c1ccc(-c2c3ccccc3c(-c3ccc4c5c(ccc4c3)-c3cc4ccccc4cc3C53c4ccccc4-c4ccccc43)c3ccccc23)cc1. The van der Waals surface area contributed by atoms with E-state index < -0.39 is 5.41 Å². The quantitative estimate of drug-likeness (QED) is 0.161. The predicted molar refractivity (Wildman–Crippen MR) is 224 cm³/mol. The molecule has 244 valence electrons. The van der Waals surface area contributed by atoms with Gasteiger partial charge in [0, 0.05) is 0 Å². The Labute approximate surface area is 308 Å². The molecule has 2 aliphatic carbocycles. The van der Waals surface area contributed by atoms with Gasteiger partial charge in [-0.25, -0.2) is 0 Å². The van der Waals surface area contributed by atoms with Crippen molar-refractivity contribution in [2.45, 2.75) is 5.41 Å². The molecule has 0 atom stereocenters. The highest BCUT2D eigenvalue weighted by Crippen LogP contribution is 2.64. The molecule has 0 saturated carbocycles. The molecule has 12 rings (SSSR count). The molecule has 0 bridgehead atoms. The maximum Gasteiger partial charge on any atom is 0.0731 e. The van der Waals surface area contributed by atoms with Crippen LogP contribution in [0.4, 0.5) is 0 Å². The zero-order chi connectivity index (χ0) is 34.7. The minimum atomic E-state index is -0.417. The summed E-state index contributed by atoms with van der Waals surface area (Å²) >= 11 is 0. The van der Waals surface area contributed by atoms with E-state index in [0.29, 0.717) is 0 Å². The van der Waals surface area contributed by atoms with E-state index in [4.69, 9.17) is 0 Å². The van der Waals surface area contributed by atoms with Gasteiger partial charge in [-0.05, 0) is 128 Å². The minimum absolute atomic E-state index is 0.417. The van der Waals surface area contributed by atoms with Gasteiger partial charge in [-0.3, -0.25) is 0 Å². The summed E-state index contributed by atoms with van der Waals surface area (Å²) in [5, 5.41) is 10.3. The fourth-order valence-electron chi connectivity index (χ4n) is 10.2. The van der Waals surface area contributed by atoms with Crippen LogP contribution in [0.2, 0.25) is 0 Å². The summed E-state index contributed by atoms with van der Waals surface area (Å²) in [5.41, 5.74) is 15.5. The monoisotopic (exact) mass is 668 g/mol. The van der Waals surface area contributed by atoms with E-state index in [1.165, 1.54) is 110 Å². The number of hydrogen-bond donors (Lipinski definition) is 0. The molecule has 0 aromatic heterocycles. The van der Waals surface area contributed by atoms with Gasteiger partial charge in [-0.1, -0.05) is 176 Å². The number of rotatable bonds is 2. The normalized spacial score (nSPS) is 13.4. The fourth-order valence-corrected chi connectivity index (χ4v) is 10.2. The summed E-state index contributed by atoms with van der Waals surface area (Å²) in [4.78, 5) is 0. The summed E-state index contributed by atoms with van der Waals surface area (Å²) in [5.74, 6) is 0. The first-order chi connectivity index (χ1) is 26.3. The van der Waals surface area contributed by atoms with Gasteiger partial charge >= 0.3 is 0 Å². The second kappa shape index (κ2) is 10.6. The van der Waals surface area contributed by atoms with Crippen molar-refractivity contribution in [2.24, 2.45) is 0 Å². The van der Waals surface area contributed by atoms with E-state index in [0.717, 1.165) is 0 Å². The van der Waals surface area contributed by atoms with Crippen LogP contribution in [0.15, 0.2) is 194 Å². The van der Waals surface area contributed by atoms with Crippen LogP contribution in [0.1, 0.15) is 22.3 Å². The van der Waals surface area contributed by atoms with Crippen molar-refractivity contribution >= 4 is 43.1 Å². The van der Waals surface area contributed by atoms with Crippen LogP contribution in [-0.2, 0) is 5.41 Å². The number of benzene rings is 10. The first-order valence-corrected chi connectivity index (χ1v) is 18.6. The summed E-state index contributed by atoms with van der Waals surface area (Å²) in [6, 6.07) is 72.8. The summed E-state index contributed by atoms with van der Waals surface area (Å²) in [7, 11) is 0. The summed E-state index contributed by atoms with van der Waals surface area (Å²) in [6.45, 7) is 0. The Morgan fingerprint density at radius 1 is 0.264 bits per heavy atom. The van der Waals surface area contributed by atoms with E-state index in [-0.39, 0.29) is 0 Å². The Hall–Kier alpha value is -6.76. The Balaban J connectivity index is 1.18. The average Bonchev–Trinajstić information content (AvgIpc) is 3.69. The molecule has 0 heterocycles. The molecule has 10 aromatic carbocycles. The number of fused-ring (bicyclic) bond motifs is 15. The van der Waals surface area contributed by atoms with Crippen molar-refractivity contribution < 1.29 is 0 Å². The molecule has 0 amide bonds. The van der Waals surface area contributed by atoms with E-state index in [1.807, 2.05) is 0 Å². The van der Waals surface area contributed by atoms with Gasteiger partial charge in [0.15, 0.2) is 0 Å². The van der Waals surface area contributed by atoms with Gasteiger partial charge < -0.3 is 0 Å². The standard InChI is InChI=1S/C53H32/c1-2-14-33(15-3-1)50-41-20-6-8-22-43(41)51(44-23-9-7-21-42(44)50)37-27-28-38-36(30-37)26-29-45-46-31-34-16-4-5-17-35(34)32-49(46)53(52(38)45)47-24-12-10-18-39(47)40-19-11-13-25-48(40)53/h1-32H. The minimum Gasteiger partial charge on any atom is -0.0622 e. The second-order valence-electron chi connectivity index (χ2n) is 14.7. The maximum absolute atomic E-state index is 2.48. The van der Waals surface area contributed by atoms with Crippen molar-refractivity contribution in [3.63, 3.8) is 0 Å². The van der Waals surface area contributed by atoms with Crippen LogP contribution in [-0.4, -0.2) is 0 Å². The van der Waals surface area contributed by atoms with E-state index in [2.05, 4.69) is 194 Å². The van der Waals surface area contributed by atoms with E-state index in [1.54, 1.807) is 0 Å². The van der Waals surface area contributed by atoms with Crippen molar-refractivity contribution in [1.29, 1.82) is 0 Å². The lowest BCUT2D eigenvalue weighted by molar-refractivity contribution is 0.802. The van der Waals surface area contributed by atoms with Crippen molar-refractivity contribution in [3.05, 3.63) is 216 Å². The average molecular weight is 669 g/mol. The lowest BCUT2D eigenvalue weighted by Gasteiger charge is -2.31. The Bertz CT molecular complexity index is 3060. The van der Waals surface area contributed by atoms with Crippen LogP contribution in [0, 0.1) is 0 Å². The highest BCUT2D eigenvalue weighted by Gasteiger charge is 2.52. The van der Waals surface area contributed by atoms with Crippen molar-refractivity contribution in [2.75, 3.05) is 0 Å². The third-order valence-corrected chi connectivity index (χ3v) is 12.2. The van der Waals surface area contributed by atoms with E-state index in [9.17, 15) is 0 Å². The highest BCUT2D eigenvalue weighted by molar-refractivity contribution is 6.22. The highest BCUT2D eigenvalue weighted by atomic mass is 14.5. The molecular weight excluding hydrogens is 637 g/mol. The van der Waals surface area contributed by atoms with Crippen LogP contribution >= 0.6 is 0 Å². The molecular formula is C53H32. The lowest BCUT2D eigenvalue weighted by atomic mass is 9.69. The molecule has 53 heavy (non-hydrogen) atoms. The molecule has 2 aliphatic rings. The zero-order valence-corrected chi connectivity index (χ0v) is 29.0. The third-order valence-electron chi connectivity index (χ3n) is 12.2. The van der Waals surface area contributed by atoms with Crippen LogP contribution in [0.3, 0.4) is 0 Å². The predicted octanol–water partition coefficient (Wildman–Crippen LogP) is 14.0. The van der Waals surface area contributed by atoms with Gasteiger partial charge in [0.05, 0.1) is 5.41 Å². The van der Waals surface area contributed by atoms with Gasteiger partial charge in [-0.2, -0.15) is 0 Å². The Morgan fingerprint density at radius 3 is 1.43 bits per heavy atom. The number of hydrogen-bond acceptors (Lipinski definition) is 0. The molecule has 0 nitrogen and oxygen atoms in total. The second-order valence-corrected chi connectivity index (χ2v) is 14.7. The molecule has 0 aliphatic heterocycles. The van der Waals surface area contributed by atoms with Crippen LogP contribution in [0.5, 0.6) is 0 Å². The van der Waals surface area contributed by atoms with Gasteiger partial charge in [0.2, 0.25) is 0 Å². The fraction of sp³-hybridized carbons (Fsp3) is 0.0189. The molecule has 0 radical (unpaired) electrons. The third kappa shape index (κ3) is 3.75. The maximum atomic E-state index is 2.48. The first-order valence-electron chi connectivity index (χ1n) is 18.6. The molecule has 0 fully saturated rings. The molecule has 10 aromatic rings. The molecule has 0 saturated heterocycles. The van der Waals surface area contributed by atoms with Gasteiger partial charge in [0.1, 0.15) is 0 Å². The Morgan fingerprint density at radius 2 is 0.792 bits per heavy atom. The molecule has 1 spiro atoms. The van der Waals surface area contributed by atoms with Gasteiger partial charge in [-0.15, -0.1) is 0 Å². The summed E-state index contributed by atoms with van der Waals surface area (Å²) in [6.07, 6.45) is 0. The van der Waals surface area contributed by atoms with E-state index >= 15 is 0 Å².